The van der Waals surface area contributed by atoms with Crippen molar-refractivity contribution in [3.63, 3.8) is 0 Å². The number of hydrogen-bond acceptors (Lipinski definition) is 3. The van der Waals surface area contributed by atoms with Gasteiger partial charge in [-0.3, -0.25) is 14.5 Å². The van der Waals surface area contributed by atoms with Gasteiger partial charge in [-0.05, 0) is 59.0 Å². The van der Waals surface area contributed by atoms with E-state index in [1.165, 1.54) is 12.1 Å². The summed E-state index contributed by atoms with van der Waals surface area (Å²) in [5.41, 5.74) is 1.18. The fraction of sp³-hybridized carbons (Fsp3) is 0.240. The van der Waals surface area contributed by atoms with Crippen LogP contribution in [0.5, 0.6) is 0 Å². The fourth-order valence-corrected chi connectivity index (χ4v) is 4.51. The van der Waals surface area contributed by atoms with Crippen LogP contribution in [0.25, 0.3) is 10.8 Å². The number of nitrogens with zero attached hydrogens (tertiary/aromatic N) is 2. The highest BCUT2D eigenvalue weighted by atomic mass is 19.1. The molecule has 0 radical (unpaired) electrons. The number of carbonyl (C=O) groups is 3. The number of amides is 4. The summed E-state index contributed by atoms with van der Waals surface area (Å²) in [5.74, 6) is -1.06. The molecule has 1 unspecified atom stereocenters. The molecule has 1 N–H and O–H groups in total. The first kappa shape index (κ1) is 20.2. The molecule has 0 aromatic heterocycles. The number of urea groups is 1. The Balaban J connectivity index is 1.34. The second kappa shape index (κ2) is 7.44. The molecule has 2 heterocycles. The van der Waals surface area contributed by atoms with E-state index in [-0.39, 0.29) is 18.3 Å². The van der Waals surface area contributed by atoms with Crippen molar-refractivity contribution in [2.45, 2.75) is 25.4 Å². The first-order valence-electron chi connectivity index (χ1n) is 10.5. The van der Waals surface area contributed by atoms with E-state index in [4.69, 9.17) is 0 Å². The summed E-state index contributed by atoms with van der Waals surface area (Å²) in [6.07, 6.45) is 0.535. The van der Waals surface area contributed by atoms with E-state index in [1.54, 1.807) is 17.9 Å². The molecule has 1 atom stereocenters. The minimum atomic E-state index is -1.24. The van der Waals surface area contributed by atoms with Crippen LogP contribution in [0.3, 0.4) is 0 Å². The minimum absolute atomic E-state index is 0.296. The van der Waals surface area contributed by atoms with Crippen LogP contribution in [0.1, 0.15) is 23.6 Å². The van der Waals surface area contributed by atoms with Gasteiger partial charge >= 0.3 is 6.03 Å². The van der Waals surface area contributed by atoms with Gasteiger partial charge in [0.1, 0.15) is 17.9 Å². The molecule has 0 saturated carbocycles. The SMILES string of the molecule is CC1(c2ccc3ccccc3c2)NC(=O)N(CC(=O)N2CCc3cc(F)ccc3C2)C1=O. The Morgan fingerprint density at radius 1 is 1.03 bits per heavy atom. The summed E-state index contributed by atoms with van der Waals surface area (Å²) in [6.45, 7) is 2.08. The van der Waals surface area contributed by atoms with Crippen LogP contribution in [0.2, 0.25) is 0 Å². The highest BCUT2D eigenvalue weighted by molar-refractivity contribution is 6.09. The molecule has 7 heteroatoms. The van der Waals surface area contributed by atoms with Gasteiger partial charge in [0, 0.05) is 13.1 Å². The number of imide groups is 1. The van der Waals surface area contributed by atoms with Gasteiger partial charge in [-0.15, -0.1) is 0 Å². The molecular weight excluding hydrogens is 409 g/mol. The van der Waals surface area contributed by atoms with E-state index in [2.05, 4.69) is 5.32 Å². The standard InChI is InChI=1S/C25H22FN3O3/c1-25(20-8-6-16-4-2-3-5-17(16)12-20)23(31)29(24(32)27-25)15-22(30)28-11-10-18-13-21(26)9-7-19(18)14-28/h2-9,12-13H,10-11,14-15H2,1H3,(H,27,32). The number of carbonyl (C=O) groups excluding carboxylic acids is 3. The number of nitrogens with one attached hydrogen (secondary N) is 1. The quantitative estimate of drug-likeness (QED) is 0.647. The van der Waals surface area contributed by atoms with E-state index < -0.39 is 17.5 Å². The van der Waals surface area contributed by atoms with Gasteiger partial charge in [-0.1, -0.05) is 42.5 Å². The van der Waals surface area contributed by atoms with Crippen LogP contribution in [0.15, 0.2) is 60.7 Å². The van der Waals surface area contributed by atoms with Crippen LogP contribution in [-0.4, -0.2) is 40.7 Å². The van der Waals surface area contributed by atoms with Crippen molar-refractivity contribution in [1.82, 2.24) is 15.1 Å². The second-order valence-electron chi connectivity index (χ2n) is 8.49. The maximum atomic E-state index is 13.4. The summed E-state index contributed by atoms with van der Waals surface area (Å²) in [6, 6.07) is 17.4. The third-order valence-corrected chi connectivity index (χ3v) is 6.43. The van der Waals surface area contributed by atoms with Crippen molar-refractivity contribution < 1.29 is 18.8 Å². The summed E-state index contributed by atoms with van der Waals surface area (Å²) in [7, 11) is 0. The molecular formula is C25H22FN3O3. The molecule has 0 bridgehead atoms. The maximum absolute atomic E-state index is 13.4. The Morgan fingerprint density at radius 3 is 2.62 bits per heavy atom. The lowest BCUT2D eigenvalue weighted by Gasteiger charge is -2.30. The van der Waals surface area contributed by atoms with Gasteiger partial charge in [-0.2, -0.15) is 0 Å². The van der Waals surface area contributed by atoms with Crippen molar-refractivity contribution in [3.05, 3.63) is 83.2 Å². The summed E-state index contributed by atoms with van der Waals surface area (Å²) < 4.78 is 13.4. The molecule has 1 saturated heterocycles. The van der Waals surface area contributed by atoms with E-state index >= 15 is 0 Å². The maximum Gasteiger partial charge on any atom is 0.325 e. The van der Waals surface area contributed by atoms with Crippen LogP contribution in [0, 0.1) is 5.82 Å². The number of halogens is 1. The molecule has 5 rings (SSSR count). The van der Waals surface area contributed by atoms with Crippen LogP contribution in [0.4, 0.5) is 9.18 Å². The van der Waals surface area contributed by atoms with Crippen molar-refractivity contribution in [1.29, 1.82) is 0 Å². The van der Waals surface area contributed by atoms with Crippen molar-refractivity contribution in [2.24, 2.45) is 0 Å². The minimum Gasteiger partial charge on any atom is -0.336 e. The number of hydrogen-bond donors (Lipinski definition) is 1. The summed E-state index contributed by atoms with van der Waals surface area (Å²) in [4.78, 5) is 41.4. The van der Waals surface area contributed by atoms with E-state index in [9.17, 15) is 18.8 Å². The molecule has 1 fully saturated rings. The van der Waals surface area contributed by atoms with Gasteiger partial charge in [0.2, 0.25) is 5.91 Å². The molecule has 6 nitrogen and oxygen atoms in total. The highest BCUT2D eigenvalue weighted by Crippen LogP contribution is 2.31. The number of rotatable bonds is 3. The van der Waals surface area contributed by atoms with Crippen molar-refractivity contribution in [3.8, 4) is 0 Å². The first-order valence-corrected chi connectivity index (χ1v) is 10.5. The van der Waals surface area contributed by atoms with Gasteiger partial charge in [0.25, 0.3) is 5.91 Å². The summed E-state index contributed by atoms with van der Waals surface area (Å²) in [5, 5.41) is 4.77. The van der Waals surface area contributed by atoms with Gasteiger partial charge in [0.15, 0.2) is 0 Å². The topological polar surface area (TPSA) is 69.7 Å². The monoisotopic (exact) mass is 431 g/mol. The Labute approximate surface area is 184 Å². The summed E-state index contributed by atoms with van der Waals surface area (Å²) >= 11 is 0. The molecule has 0 spiro atoms. The molecule has 2 aliphatic rings. The zero-order valence-electron chi connectivity index (χ0n) is 17.6. The largest absolute Gasteiger partial charge is 0.336 e. The molecule has 0 aliphatic carbocycles. The smallest absolute Gasteiger partial charge is 0.325 e. The van der Waals surface area contributed by atoms with Crippen molar-refractivity contribution >= 4 is 28.6 Å². The average molecular weight is 431 g/mol. The molecule has 4 amide bonds. The third-order valence-electron chi connectivity index (χ3n) is 6.43. The van der Waals surface area contributed by atoms with Crippen molar-refractivity contribution in [2.75, 3.05) is 13.1 Å². The van der Waals surface area contributed by atoms with Gasteiger partial charge in [0.05, 0.1) is 0 Å². The predicted molar refractivity (Wildman–Crippen MR) is 117 cm³/mol. The molecule has 3 aromatic carbocycles. The van der Waals surface area contributed by atoms with Gasteiger partial charge < -0.3 is 10.2 Å². The zero-order valence-corrected chi connectivity index (χ0v) is 17.6. The predicted octanol–water partition coefficient (Wildman–Crippen LogP) is 3.33. The van der Waals surface area contributed by atoms with E-state index in [1.807, 2.05) is 42.5 Å². The lowest BCUT2D eigenvalue weighted by atomic mass is 9.90. The van der Waals surface area contributed by atoms with E-state index in [0.29, 0.717) is 25.1 Å². The molecule has 32 heavy (non-hydrogen) atoms. The molecule has 3 aromatic rings. The van der Waals surface area contributed by atoms with Crippen LogP contribution < -0.4 is 5.32 Å². The lowest BCUT2D eigenvalue weighted by Crippen LogP contribution is -2.45. The van der Waals surface area contributed by atoms with Crippen LogP contribution in [-0.2, 0) is 28.1 Å². The lowest BCUT2D eigenvalue weighted by molar-refractivity contribution is -0.139. The highest BCUT2D eigenvalue weighted by Gasteiger charge is 2.49. The Bertz CT molecular complexity index is 1270. The number of benzene rings is 3. The Morgan fingerprint density at radius 2 is 1.81 bits per heavy atom. The fourth-order valence-electron chi connectivity index (χ4n) is 4.51. The Kier molecular flexibility index (Phi) is 4.69. The average Bonchev–Trinajstić information content (AvgIpc) is 3.02. The normalized spacial score (nSPS) is 20.4. The Hall–Kier alpha value is -3.74. The first-order chi connectivity index (χ1) is 15.3. The second-order valence-corrected chi connectivity index (χ2v) is 8.49. The zero-order chi connectivity index (χ0) is 22.5. The van der Waals surface area contributed by atoms with Crippen LogP contribution >= 0.6 is 0 Å². The van der Waals surface area contributed by atoms with Gasteiger partial charge in [-0.25, -0.2) is 9.18 Å². The molecule has 2 aliphatic heterocycles. The molecule has 162 valence electrons. The third kappa shape index (κ3) is 3.30. The number of fused-ring (bicyclic) bond motifs is 2. The van der Waals surface area contributed by atoms with E-state index in [0.717, 1.165) is 26.8 Å².